The van der Waals surface area contributed by atoms with Gasteiger partial charge in [-0.2, -0.15) is 0 Å². The summed E-state index contributed by atoms with van der Waals surface area (Å²) in [5, 5.41) is 0.887. The van der Waals surface area contributed by atoms with Gasteiger partial charge in [-0.3, -0.25) is 4.72 Å². The van der Waals surface area contributed by atoms with Gasteiger partial charge in [0.1, 0.15) is 28.9 Å². The Balaban J connectivity index is 1.38. The van der Waals surface area contributed by atoms with E-state index in [1.165, 1.54) is 29.8 Å². The number of halogens is 1. The smallest absolute Gasteiger partial charge is 0.236 e. The van der Waals surface area contributed by atoms with Crippen LogP contribution in [0.2, 0.25) is 0 Å². The fraction of sp³-hybridized carbons (Fsp3) is 0.136. The summed E-state index contributed by atoms with van der Waals surface area (Å²) in [6.45, 7) is 2.01. The van der Waals surface area contributed by atoms with Gasteiger partial charge >= 0.3 is 0 Å². The van der Waals surface area contributed by atoms with Crippen molar-refractivity contribution < 1.29 is 17.5 Å². The molecule has 154 valence electrons. The quantitative estimate of drug-likeness (QED) is 0.425. The maximum Gasteiger partial charge on any atom is 0.236 e. The van der Waals surface area contributed by atoms with Crippen molar-refractivity contribution in [2.24, 2.45) is 0 Å². The van der Waals surface area contributed by atoms with Gasteiger partial charge < -0.3 is 4.74 Å². The first-order valence-electron chi connectivity index (χ1n) is 9.24. The summed E-state index contributed by atoms with van der Waals surface area (Å²) in [7, 11) is -3.58. The fourth-order valence-electron chi connectivity index (χ4n) is 2.87. The Labute approximate surface area is 178 Å². The van der Waals surface area contributed by atoms with Gasteiger partial charge in [0.25, 0.3) is 0 Å². The monoisotopic (exact) mass is 442 g/mol. The lowest BCUT2D eigenvalue weighted by Gasteiger charge is -2.10. The molecule has 0 saturated heterocycles. The number of ether oxygens (including phenoxy) is 1. The van der Waals surface area contributed by atoms with E-state index < -0.39 is 10.0 Å². The van der Waals surface area contributed by atoms with Crippen molar-refractivity contribution in [3.8, 4) is 16.3 Å². The molecule has 5 nitrogen and oxygen atoms in total. The summed E-state index contributed by atoms with van der Waals surface area (Å²) in [6, 6.07) is 18.7. The lowest BCUT2D eigenvalue weighted by molar-refractivity contribution is 0.340. The number of hydrogen-bond donors (Lipinski definition) is 1. The molecule has 0 atom stereocenters. The summed E-state index contributed by atoms with van der Waals surface area (Å²) < 4.78 is 46.5. The number of hydrogen-bond acceptors (Lipinski definition) is 5. The third-order valence-electron chi connectivity index (χ3n) is 4.38. The number of benzene rings is 3. The molecule has 0 radical (unpaired) electrons. The Morgan fingerprint density at radius 3 is 2.50 bits per heavy atom. The van der Waals surface area contributed by atoms with Crippen LogP contribution in [0.1, 0.15) is 5.56 Å². The van der Waals surface area contributed by atoms with Crippen LogP contribution >= 0.6 is 11.3 Å². The molecule has 0 bridgehead atoms. The minimum Gasteiger partial charge on any atom is -0.492 e. The van der Waals surface area contributed by atoms with Crippen LogP contribution in [0.25, 0.3) is 20.8 Å². The number of aryl methyl sites for hydroxylation is 1. The molecule has 0 fully saturated rings. The zero-order chi connectivity index (χ0) is 21.1. The van der Waals surface area contributed by atoms with Gasteiger partial charge in [0.2, 0.25) is 10.0 Å². The van der Waals surface area contributed by atoms with Crippen molar-refractivity contribution in [3.05, 3.63) is 78.1 Å². The molecule has 0 aliphatic carbocycles. The van der Waals surface area contributed by atoms with Crippen molar-refractivity contribution in [1.29, 1.82) is 0 Å². The fourth-order valence-corrected chi connectivity index (χ4v) is 4.84. The first-order chi connectivity index (χ1) is 14.4. The number of anilines is 1. The van der Waals surface area contributed by atoms with E-state index in [-0.39, 0.29) is 18.2 Å². The van der Waals surface area contributed by atoms with Crippen molar-refractivity contribution >= 4 is 37.3 Å². The Morgan fingerprint density at radius 2 is 1.77 bits per heavy atom. The molecular weight excluding hydrogens is 423 g/mol. The van der Waals surface area contributed by atoms with Crippen LogP contribution in [-0.2, 0) is 10.0 Å². The first-order valence-corrected chi connectivity index (χ1v) is 11.7. The third kappa shape index (κ3) is 4.95. The molecule has 0 unspecified atom stereocenters. The minimum atomic E-state index is -3.58. The van der Waals surface area contributed by atoms with E-state index in [0.717, 1.165) is 20.8 Å². The van der Waals surface area contributed by atoms with E-state index in [2.05, 4.69) is 15.8 Å². The second-order valence-corrected chi connectivity index (χ2v) is 9.66. The van der Waals surface area contributed by atoms with E-state index in [4.69, 9.17) is 4.74 Å². The van der Waals surface area contributed by atoms with Gasteiger partial charge in [0.15, 0.2) is 0 Å². The van der Waals surface area contributed by atoms with E-state index in [0.29, 0.717) is 11.4 Å². The largest absolute Gasteiger partial charge is 0.492 e. The summed E-state index contributed by atoms with van der Waals surface area (Å²) in [6.07, 6.45) is 0. The standard InChI is InChI=1S/C22H19FN2O3S2/c1-15-2-11-20-21(14-15)29-22(24-20)16-3-7-18(8-4-16)25-30(26,27)13-12-28-19-9-5-17(23)6-10-19/h2-11,14,25H,12-13H2,1H3. The van der Waals surface area contributed by atoms with Crippen LogP contribution in [0.5, 0.6) is 5.75 Å². The number of nitrogens with zero attached hydrogens (tertiary/aromatic N) is 1. The molecule has 0 spiro atoms. The van der Waals surface area contributed by atoms with E-state index in [9.17, 15) is 12.8 Å². The average molecular weight is 443 g/mol. The van der Waals surface area contributed by atoms with Crippen molar-refractivity contribution in [3.63, 3.8) is 0 Å². The van der Waals surface area contributed by atoms with E-state index in [1.54, 1.807) is 23.5 Å². The Morgan fingerprint density at radius 1 is 1.03 bits per heavy atom. The molecule has 1 heterocycles. The van der Waals surface area contributed by atoms with Crippen molar-refractivity contribution in [2.75, 3.05) is 17.1 Å². The molecule has 0 aliphatic heterocycles. The number of fused-ring (bicyclic) bond motifs is 1. The van der Waals surface area contributed by atoms with Crippen LogP contribution in [0.15, 0.2) is 66.7 Å². The summed E-state index contributed by atoms with van der Waals surface area (Å²) in [5.41, 5.74) is 3.53. The van der Waals surface area contributed by atoms with Crippen LogP contribution in [0.3, 0.4) is 0 Å². The number of thiazole rings is 1. The molecule has 0 aliphatic rings. The summed E-state index contributed by atoms with van der Waals surface area (Å²) in [5.74, 6) is -0.174. The molecule has 8 heteroatoms. The van der Waals surface area contributed by atoms with E-state index in [1.807, 2.05) is 31.2 Å². The normalized spacial score (nSPS) is 11.5. The second kappa shape index (κ2) is 8.41. The molecular formula is C22H19FN2O3S2. The van der Waals surface area contributed by atoms with Crippen LogP contribution in [0, 0.1) is 12.7 Å². The predicted octanol–water partition coefficient (Wildman–Crippen LogP) is 5.23. The van der Waals surface area contributed by atoms with Gasteiger partial charge in [-0.05, 0) is 73.2 Å². The molecule has 4 aromatic rings. The number of sulfonamides is 1. The SMILES string of the molecule is Cc1ccc2nc(-c3ccc(NS(=O)(=O)CCOc4ccc(F)cc4)cc3)sc2c1. The van der Waals surface area contributed by atoms with Gasteiger partial charge in [-0.15, -0.1) is 11.3 Å². The molecule has 3 aromatic carbocycles. The lowest BCUT2D eigenvalue weighted by Crippen LogP contribution is -2.21. The highest BCUT2D eigenvalue weighted by Crippen LogP contribution is 2.31. The minimum absolute atomic E-state index is 0.0375. The van der Waals surface area contributed by atoms with Gasteiger partial charge in [0, 0.05) is 11.3 Å². The number of rotatable bonds is 7. The van der Waals surface area contributed by atoms with E-state index >= 15 is 0 Å². The van der Waals surface area contributed by atoms with Gasteiger partial charge in [-0.25, -0.2) is 17.8 Å². The maximum atomic E-state index is 12.9. The second-order valence-electron chi connectivity index (χ2n) is 6.79. The molecule has 1 aromatic heterocycles. The zero-order valence-electron chi connectivity index (χ0n) is 16.1. The average Bonchev–Trinajstić information content (AvgIpc) is 3.13. The topological polar surface area (TPSA) is 68.3 Å². The summed E-state index contributed by atoms with van der Waals surface area (Å²) in [4.78, 5) is 4.64. The summed E-state index contributed by atoms with van der Waals surface area (Å²) >= 11 is 1.60. The Hall–Kier alpha value is -2.97. The molecule has 0 amide bonds. The number of nitrogens with one attached hydrogen (secondary N) is 1. The van der Waals surface area contributed by atoms with Gasteiger partial charge in [0.05, 0.1) is 10.2 Å². The van der Waals surface area contributed by atoms with Gasteiger partial charge in [-0.1, -0.05) is 6.07 Å². The van der Waals surface area contributed by atoms with Crippen LogP contribution in [-0.4, -0.2) is 25.8 Å². The zero-order valence-corrected chi connectivity index (χ0v) is 17.8. The lowest BCUT2D eigenvalue weighted by atomic mass is 10.2. The maximum absolute atomic E-state index is 12.9. The molecule has 4 rings (SSSR count). The third-order valence-corrected chi connectivity index (χ3v) is 6.70. The molecule has 0 saturated carbocycles. The predicted molar refractivity (Wildman–Crippen MR) is 119 cm³/mol. The highest BCUT2D eigenvalue weighted by atomic mass is 32.2. The molecule has 30 heavy (non-hydrogen) atoms. The van der Waals surface area contributed by atoms with Crippen molar-refractivity contribution in [1.82, 2.24) is 4.98 Å². The molecule has 1 N–H and O–H groups in total. The van der Waals surface area contributed by atoms with Crippen LogP contribution < -0.4 is 9.46 Å². The Bertz CT molecular complexity index is 1270. The highest BCUT2D eigenvalue weighted by Gasteiger charge is 2.12. The number of aromatic nitrogens is 1. The van der Waals surface area contributed by atoms with Crippen molar-refractivity contribution in [2.45, 2.75) is 6.92 Å². The highest BCUT2D eigenvalue weighted by molar-refractivity contribution is 7.92. The first kappa shape index (κ1) is 20.3. The van der Waals surface area contributed by atoms with Crippen LogP contribution in [0.4, 0.5) is 10.1 Å². The Kier molecular flexibility index (Phi) is 5.69.